The van der Waals surface area contributed by atoms with E-state index in [1.807, 2.05) is 6.07 Å². The Labute approximate surface area is 244 Å². The monoisotopic (exact) mass is 591 g/mol. The molecule has 1 aromatic heterocycles. The molecule has 220 valence electrons. The van der Waals surface area contributed by atoms with E-state index in [1.165, 1.54) is 6.26 Å². The van der Waals surface area contributed by atoms with E-state index in [1.54, 1.807) is 60.7 Å². The molecule has 0 saturated carbocycles. The number of carbonyl (C=O) groups is 1. The molecule has 0 amide bonds. The van der Waals surface area contributed by atoms with E-state index in [-0.39, 0.29) is 18.0 Å². The molecule has 0 aliphatic carbocycles. The Kier molecular flexibility index (Phi) is 8.91. The third-order valence-electron chi connectivity index (χ3n) is 7.05. The highest BCUT2D eigenvalue weighted by Crippen LogP contribution is 2.25. The Morgan fingerprint density at radius 3 is 2.50 bits per heavy atom. The SMILES string of the molecule is CN1CCN(CCOC(=O)c2cccc(COc3ccc4c(=O)c(-c5ccc(NS(C)(=O)=O)cc5)coc4c3)c2)CC1. The first-order chi connectivity index (χ1) is 20.1. The number of piperazine rings is 1. The standard InChI is InChI=1S/C31H33N3O7S/c1-33-12-14-34(15-13-33)16-17-39-31(36)24-5-3-4-22(18-24)20-40-26-10-11-27-29(19-26)41-21-28(30(27)35)23-6-8-25(9-7-23)32-42(2,37)38/h3-11,18-19,21,32H,12-17,20H2,1-2H3. The van der Waals surface area contributed by atoms with Crippen LogP contribution in [0.1, 0.15) is 15.9 Å². The average molecular weight is 592 g/mol. The van der Waals surface area contributed by atoms with Gasteiger partial charge in [0.05, 0.1) is 22.8 Å². The molecule has 42 heavy (non-hydrogen) atoms. The van der Waals surface area contributed by atoms with Crippen molar-refractivity contribution in [2.24, 2.45) is 0 Å². The summed E-state index contributed by atoms with van der Waals surface area (Å²) in [5, 5.41) is 0.388. The van der Waals surface area contributed by atoms with Crippen molar-refractivity contribution in [3.63, 3.8) is 0 Å². The van der Waals surface area contributed by atoms with Gasteiger partial charge in [0.1, 0.15) is 30.8 Å². The van der Waals surface area contributed by atoms with Gasteiger partial charge in [0.25, 0.3) is 0 Å². The zero-order valence-corrected chi connectivity index (χ0v) is 24.4. The van der Waals surface area contributed by atoms with Gasteiger partial charge in [-0.05, 0) is 54.6 Å². The molecule has 1 fully saturated rings. The number of nitrogens with zero attached hydrogens (tertiary/aromatic N) is 2. The van der Waals surface area contributed by atoms with Gasteiger partial charge < -0.3 is 18.8 Å². The Bertz CT molecular complexity index is 1730. The van der Waals surface area contributed by atoms with E-state index < -0.39 is 10.0 Å². The lowest BCUT2D eigenvalue weighted by molar-refractivity contribution is 0.0432. The van der Waals surface area contributed by atoms with Crippen molar-refractivity contribution in [3.05, 3.63) is 94.3 Å². The van der Waals surface area contributed by atoms with E-state index in [4.69, 9.17) is 13.9 Å². The predicted octanol–water partition coefficient (Wildman–Crippen LogP) is 3.81. The summed E-state index contributed by atoms with van der Waals surface area (Å²) < 4.78 is 42.4. The fourth-order valence-electron chi connectivity index (χ4n) is 4.71. The summed E-state index contributed by atoms with van der Waals surface area (Å²) in [6.07, 6.45) is 2.45. The lowest BCUT2D eigenvalue weighted by Gasteiger charge is -2.32. The molecule has 0 radical (unpaired) electrons. The van der Waals surface area contributed by atoms with Crippen LogP contribution in [0.15, 0.2) is 82.2 Å². The van der Waals surface area contributed by atoms with Crippen LogP contribution in [0.2, 0.25) is 0 Å². The topological polar surface area (TPSA) is 118 Å². The van der Waals surface area contributed by atoms with Crippen molar-refractivity contribution in [2.45, 2.75) is 6.61 Å². The Morgan fingerprint density at radius 1 is 1.00 bits per heavy atom. The lowest BCUT2D eigenvalue weighted by atomic mass is 10.1. The summed E-state index contributed by atoms with van der Waals surface area (Å²) in [5.74, 6) is 0.144. The first kappa shape index (κ1) is 29.3. The summed E-state index contributed by atoms with van der Waals surface area (Å²) in [5.41, 5.74) is 2.77. The third kappa shape index (κ3) is 7.55. The van der Waals surface area contributed by atoms with Gasteiger partial charge in [-0.3, -0.25) is 14.4 Å². The van der Waals surface area contributed by atoms with E-state index in [9.17, 15) is 18.0 Å². The molecule has 4 aromatic rings. The minimum atomic E-state index is -3.40. The van der Waals surface area contributed by atoms with Crippen molar-refractivity contribution in [1.29, 1.82) is 0 Å². The second-order valence-electron chi connectivity index (χ2n) is 10.4. The minimum absolute atomic E-state index is 0.212. The van der Waals surface area contributed by atoms with E-state index >= 15 is 0 Å². The van der Waals surface area contributed by atoms with Crippen LogP contribution in [-0.4, -0.2) is 76.8 Å². The number of likely N-dealkylation sites (N-methyl/N-ethyl adjacent to an activating group) is 1. The molecule has 1 aliphatic rings. The van der Waals surface area contributed by atoms with Crippen molar-refractivity contribution in [3.8, 4) is 16.9 Å². The van der Waals surface area contributed by atoms with Gasteiger partial charge in [0, 0.05) is 44.5 Å². The summed E-state index contributed by atoms with van der Waals surface area (Å²) in [6.45, 7) is 5.26. The molecule has 0 atom stereocenters. The summed E-state index contributed by atoms with van der Waals surface area (Å²) in [4.78, 5) is 30.3. The number of benzene rings is 3. The van der Waals surface area contributed by atoms with E-state index in [2.05, 4.69) is 21.6 Å². The quantitative estimate of drug-likeness (QED) is 0.275. The number of nitrogens with one attached hydrogen (secondary N) is 1. The van der Waals surface area contributed by atoms with Gasteiger partial charge in [0.15, 0.2) is 5.43 Å². The Hall–Kier alpha value is -4.19. The minimum Gasteiger partial charge on any atom is -0.489 e. The Morgan fingerprint density at radius 2 is 1.76 bits per heavy atom. The molecule has 2 heterocycles. The maximum absolute atomic E-state index is 13.2. The van der Waals surface area contributed by atoms with E-state index in [0.717, 1.165) is 44.5 Å². The number of rotatable bonds is 10. The van der Waals surface area contributed by atoms with Gasteiger partial charge in [-0.15, -0.1) is 0 Å². The zero-order valence-electron chi connectivity index (χ0n) is 23.5. The number of fused-ring (bicyclic) bond motifs is 1. The molecule has 0 bridgehead atoms. The first-order valence-corrected chi connectivity index (χ1v) is 15.5. The van der Waals surface area contributed by atoms with Crippen LogP contribution in [0.3, 0.4) is 0 Å². The van der Waals surface area contributed by atoms with Crippen LogP contribution in [0.25, 0.3) is 22.1 Å². The summed E-state index contributed by atoms with van der Waals surface area (Å²) >= 11 is 0. The highest BCUT2D eigenvalue weighted by atomic mass is 32.2. The van der Waals surface area contributed by atoms with Crippen molar-refractivity contribution in [2.75, 3.05) is 57.4 Å². The van der Waals surface area contributed by atoms with Crippen molar-refractivity contribution >= 4 is 32.6 Å². The largest absolute Gasteiger partial charge is 0.489 e. The molecule has 11 heteroatoms. The lowest BCUT2D eigenvalue weighted by Crippen LogP contribution is -2.45. The molecule has 3 aromatic carbocycles. The highest BCUT2D eigenvalue weighted by molar-refractivity contribution is 7.92. The molecule has 10 nitrogen and oxygen atoms in total. The molecule has 1 N–H and O–H groups in total. The summed E-state index contributed by atoms with van der Waals surface area (Å²) in [6, 6.07) is 18.6. The smallest absolute Gasteiger partial charge is 0.338 e. The number of sulfonamides is 1. The van der Waals surface area contributed by atoms with Crippen LogP contribution in [0.5, 0.6) is 5.75 Å². The van der Waals surface area contributed by atoms with Gasteiger partial charge in [-0.2, -0.15) is 0 Å². The molecular weight excluding hydrogens is 558 g/mol. The average Bonchev–Trinajstić information content (AvgIpc) is 2.97. The molecule has 5 rings (SSSR count). The van der Waals surface area contributed by atoms with Crippen molar-refractivity contribution in [1.82, 2.24) is 9.80 Å². The number of esters is 1. The second-order valence-corrected chi connectivity index (χ2v) is 12.1. The van der Waals surface area contributed by atoms with Crippen LogP contribution in [0.4, 0.5) is 5.69 Å². The third-order valence-corrected chi connectivity index (χ3v) is 7.66. The molecule has 1 saturated heterocycles. The van der Waals surface area contributed by atoms with Gasteiger partial charge in [-0.25, -0.2) is 13.2 Å². The van der Waals surface area contributed by atoms with Gasteiger partial charge in [0.2, 0.25) is 10.0 Å². The van der Waals surface area contributed by atoms with Crippen LogP contribution >= 0.6 is 0 Å². The number of anilines is 1. The van der Waals surface area contributed by atoms with E-state index in [0.29, 0.717) is 45.7 Å². The van der Waals surface area contributed by atoms with Crippen LogP contribution in [0, 0.1) is 0 Å². The zero-order chi connectivity index (χ0) is 29.7. The summed E-state index contributed by atoms with van der Waals surface area (Å²) in [7, 11) is -1.29. The van der Waals surface area contributed by atoms with Crippen LogP contribution < -0.4 is 14.9 Å². The second kappa shape index (κ2) is 12.8. The Balaban J connectivity index is 1.19. The van der Waals surface area contributed by atoms with Crippen molar-refractivity contribution < 1.29 is 27.1 Å². The number of hydrogen-bond donors (Lipinski definition) is 1. The fraction of sp³-hybridized carbons (Fsp3) is 0.290. The predicted molar refractivity (Wildman–Crippen MR) is 161 cm³/mol. The normalized spacial score (nSPS) is 14.5. The number of hydrogen-bond acceptors (Lipinski definition) is 9. The highest BCUT2D eigenvalue weighted by Gasteiger charge is 2.15. The molecule has 1 aliphatic heterocycles. The van der Waals surface area contributed by atoms with Gasteiger partial charge >= 0.3 is 5.97 Å². The van der Waals surface area contributed by atoms with Crippen LogP contribution in [-0.2, 0) is 21.4 Å². The van der Waals surface area contributed by atoms with Gasteiger partial charge in [-0.1, -0.05) is 24.3 Å². The maximum Gasteiger partial charge on any atom is 0.338 e. The molecule has 0 spiro atoms. The number of carbonyl (C=O) groups excluding carboxylic acids is 1. The molecular formula is C31H33N3O7S. The number of ether oxygens (including phenoxy) is 2. The fourth-order valence-corrected chi connectivity index (χ4v) is 5.27. The first-order valence-electron chi connectivity index (χ1n) is 13.6. The molecule has 0 unspecified atom stereocenters. The maximum atomic E-state index is 13.2.